The summed E-state index contributed by atoms with van der Waals surface area (Å²) in [4.78, 5) is 4.51. The van der Waals surface area contributed by atoms with Gasteiger partial charge >= 0.3 is 0 Å². The SMILES string of the molecule is Cc1ccc(-c2nc(CS(=O)(=O)CCCc3nnnn3-c3ccccc3)cs2)cc1. The van der Waals surface area contributed by atoms with E-state index in [1.54, 1.807) is 4.68 Å². The van der Waals surface area contributed by atoms with Gasteiger partial charge in [0.25, 0.3) is 0 Å². The second kappa shape index (κ2) is 8.85. The van der Waals surface area contributed by atoms with E-state index in [1.807, 2.05) is 66.9 Å². The number of para-hydroxylation sites is 1. The van der Waals surface area contributed by atoms with Crippen LogP contribution in [0.15, 0.2) is 60.0 Å². The highest BCUT2D eigenvalue weighted by Crippen LogP contribution is 2.25. The summed E-state index contributed by atoms with van der Waals surface area (Å²) in [6.07, 6.45) is 0.928. The first-order valence-electron chi connectivity index (χ1n) is 9.55. The second-order valence-corrected chi connectivity index (χ2v) is 10.1. The molecule has 9 heteroatoms. The highest BCUT2D eigenvalue weighted by Gasteiger charge is 2.16. The van der Waals surface area contributed by atoms with Gasteiger partial charge in [-0.3, -0.25) is 0 Å². The molecule has 0 fully saturated rings. The van der Waals surface area contributed by atoms with Crippen molar-refractivity contribution in [2.24, 2.45) is 0 Å². The molecule has 0 spiro atoms. The normalized spacial score (nSPS) is 11.6. The fourth-order valence-corrected chi connectivity index (χ4v) is 5.34. The molecule has 0 aliphatic heterocycles. The van der Waals surface area contributed by atoms with Gasteiger partial charge in [-0.05, 0) is 35.9 Å². The number of nitrogens with zero attached hydrogens (tertiary/aromatic N) is 5. The first-order valence-corrected chi connectivity index (χ1v) is 12.2. The molecule has 0 radical (unpaired) electrons. The minimum absolute atomic E-state index is 0.0566. The zero-order valence-electron chi connectivity index (χ0n) is 16.5. The Hall–Kier alpha value is -2.91. The van der Waals surface area contributed by atoms with E-state index in [9.17, 15) is 8.42 Å². The molecule has 0 saturated heterocycles. The van der Waals surface area contributed by atoms with Crippen LogP contribution in [-0.2, 0) is 22.0 Å². The average Bonchev–Trinajstić information content (AvgIpc) is 3.38. The zero-order valence-corrected chi connectivity index (χ0v) is 18.1. The molecule has 0 atom stereocenters. The lowest BCUT2D eigenvalue weighted by Crippen LogP contribution is -2.12. The van der Waals surface area contributed by atoms with Crippen LogP contribution in [0.1, 0.15) is 23.5 Å². The molecule has 154 valence electrons. The van der Waals surface area contributed by atoms with Gasteiger partial charge in [0.15, 0.2) is 15.7 Å². The summed E-state index contributed by atoms with van der Waals surface area (Å²) in [5, 5.41) is 14.4. The molecule has 4 rings (SSSR count). The lowest BCUT2D eigenvalue weighted by atomic mass is 10.2. The number of thiazole rings is 1. The molecule has 4 aromatic rings. The fraction of sp³-hybridized carbons (Fsp3) is 0.238. The Balaban J connectivity index is 1.36. The molecule has 0 saturated carbocycles. The summed E-state index contributed by atoms with van der Waals surface area (Å²) in [6, 6.07) is 17.6. The van der Waals surface area contributed by atoms with Crippen LogP contribution in [-0.4, -0.2) is 39.4 Å². The second-order valence-electron chi connectivity index (χ2n) is 7.05. The standard InChI is InChI=1S/C21H21N5O2S2/c1-16-9-11-17(12-10-16)21-22-18(14-29-21)15-30(27,28)13-5-8-20-23-24-25-26(20)19-6-3-2-4-7-19/h2-4,6-7,9-12,14H,5,8,13,15H2,1H3. The molecule has 30 heavy (non-hydrogen) atoms. The third kappa shape index (κ3) is 4.98. The Morgan fingerprint density at radius 3 is 2.57 bits per heavy atom. The maximum atomic E-state index is 12.6. The highest BCUT2D eigenvalue weighted by atomic mass is 32.2. The first kappa shape index (κ1) is 20.4. The van der Waals surface area contributed by atoms with Crippen LogP contribution in [0.3, 0.4) is 0 Å². The Morgan fingerprint density at radius 1 is 1.03 bits per heavy atom. The lowest BCUT2D eigenvalue weighted by Gasteiger charge is -2.05. The number of aryl methyl sites for hydroxylation is 2. The van der Waals surface area contributed by atoms with E-state index in [4.69, 9.17) is 0 Å². The largest absolute Gasteiger partial charge is 0.240 e. The van der Waals surface area contributed by atoms with Crippen LogP contribution in [0.2, 0.25) is 0 Å². The van der Waals surface area contributed by atoms with Crippen molar-refractivity contribution in [1.82, 2.24) is 25.2 Å². The molecule has 7 nitrogen and oxygen atoms in total. The Morgan fingerprint density at radius 2 is 1.80 bits per heavy atom. The molecule has 2 aromatic carbocycles. The lowest BCUT2D eigenvalue weighted by molar-refractivity contribution is 0.591. The van der Waals surface area contributed by atoms with E-state index in [0.717, 1.165) is 16.3 Å². The Labute approximate surface area is 179 Å². The number of hydrogen-bond donors (Lipinski definition) is 0. The van der Waals surface area contributed by atoms with Crippen LogP contribution >= 0.6 is 11.3 Å². The van der Waals surface area contributed by atoms with Crippen molar-refractivity contribution in [2.45, 2.75) is 25.5 Å². The molecule has 0 N–H and O–H groups in total. The van der Waals surface area contributed by atoms with Crippen molar-refractivity contribution in [3.8, 4) is 16.3 Å². The van der Waals surface area contributed by atoms with E-state index < -0.39 is 9.84 Å². The molecular formula is C21H21N5O2S2. The van der Waals surface area contributed by atoms with Crippen molar-refractivity contribution in [2.75, 3.05) is 5.75 Å². The number of rotatable bonds is 8. The summed E-state index contributed by atoms with van der Waals surface area (Å²) in [7, 11) is -3.27. The highest BCUT2D eigenvalue weighted by molar-refractivity contribution is 7.90. The van der Waals surface area contributed by atoms with Crippen molar-refractivity contribution >= 4 is 21.2 Å². The van der Waals surface area contributed by atoms with Gasteiger partial charge in [0.1, 0.15) is 5.01 Å². The Kier molecular flexibility index (Phi) is 6.01. The van der Waals surface area contributed by atoms with Crippen LogP contribution in [0.25, 0.3) is 16.3 Å². The van der Waals surface area contributed by atoms with Gasteiger partial charge in [0, 0.05) is 17.4 Å². The molecule has 0 aliphatic carbocycles. The van der Waals surface area contributed by atoms with Crippen molar-refractivity contribution in [3.63, 3.8) is 0 Å². The Bertz CT molecular complexity index is 1220. The van der Waals surface area contributed by atoms with E-state index in [-0.39, 0.29) is 11.5 Å². The van der Waals surface area contributed by atoms with Crippen molar-refractivity contribution < 1.29 is 8.42 Å². The number of benzene rings is 2. The van der Waals surface area contributed by atoms with Gasteiger partial charge in [-0.2, -0.15) is 4.68 Å². The molecule has 0 amide bonds. The van der Waals surface area contributed by atoms with E-state index in [1.165, 1.54) is 16.9 Å². The van der Waals surface area contributed by atoms with Crippen LogP contribution < -0.4 is 0 Å². The number of tetrazole rings is 1. The van der Waals surface area contributed by atoms with E-state index >= 15 is 0 Å². The number of aromatic nitrogens is 5. The average molecular weight is 440 g/mol. The summed E-state index contributed by atoms with van der Waals surface area (Å²) in [5.41, 5.74) is 3.62. The van der Waals surface area contributed by atoms with E-state index in [0.29, 0.717) is 24.4 Å². The molecule has 2 heterocycles. The summed E-state index contributed by atoms with van der Waals surface area (Å²) >= 11 is 1.47. The maximum absolute atomic E-state index is 12.6. The van der Waals surface area contributed by atoms with Gasteiger partial charge in [-0.1, -0.05) is 48.0 Å². The van der Waals surface area contributed by atoms with Gasteiger partial charge in [0.05, 0.1) is 22.9 Å². The summed E-state index contributed by atoms with van der Waals surface area (Å²) < 4.78 is 26.8. The maximum Gasteiger partial charge on any atom is 0.156 e. The molecule has 0 bridgehead atoms. The summed E-state index contributed by atoms with van der Waals surface area (Å²) in [5.74, 6) is 0.650. The third-order valence-electron chi connectivity index (χ3n) is 4.61. The predicted molar refractivity (Wildman–Crippen MR) is 117 cm³/mol. The third-order valence-corrected chi connectivity index (χ3v) is 7.20. The van der Waals surface area contributed by atoms with Gasteiger partial charge in [0.2, 0.25) is 0 Å². The van der Waals surface area contributed by atoms with Gasteiger partial charge in [-0.25, -0.2) is 13.4 Å². The number of hydrogen-bond acceptors (Lipinski definition) is 7. The van der Waals surface area contributed by atoms with Crippen LogP contribution in [0.5, 0.6) is 0 Å². The monoisotopic (exact) mass is 439 g/mol. The topological polar surface area (TPSA) is 90.6 Å². The zero-order chi connectivity index (χ0) is 21.0. The van der Waals surface area contributed by atoms with Crippen LogP contribution in [0, 0.1) is 6.92 Å². The molecule has 0 aliphatic rings. The molecule has 2 aromatic heterocycles. The quantitative estimate of drug-likeness (QED) is 0.416. The molecular weight excluding hydrogens is 418 g/mol. The van der Waals surface area contributed by atoms with Crippen molar-refractivity contribution in [3.05, 3.63) is 77.1 Å². The van der Waals surface area contributed by atoms with Gasteiger partial charge in [-0.15, -0.1) is 16.4 Å². The minimum atomic E-state index is -3.27. The minimum Gasteiger partial charge on any atom is -0.240 e. The first-order chi connectivity index (χ1) is 14.5. The van der Waals surface area contributed by atoms with Crippen LogP contribution in [0.4, 0.5) is 0 Å². The fourth-order valence-electron chi connectivity index (χ4n) is 3.08. The van der Waals surface area contributed by atoms with E-state index in [2.05, 4.69) is 20.5 Å². The smallest absolute Gasteiger partial charge is 0.156 e. The molecule has 0 unspecified atom stereocenters. The van der Waals surface area contributed by atoms with Gasteiger partial charge < -0.3 is 0 Å². The summed E-state index contributed by atoms with van der Waals surface area (Å²) in [6.45, 7) is 2.03. The van der Waals surface area contributed by atoms with Crippen molar-refractivity contribution in [1.29, 1.82) is 0 Å². The predicted octanol–water partition coefficient (Wildman–Crippen LogP) is 3.64. The number of sulfone groups is 1.